The summed E-state index contributed by atoms with van der Waals surface area (Å²) in [5, 5.41) is 74.8. The molecular formula is C34H46ClNO9. The highest BCUT2D eigenvalue weighted by Crippen LogP contribution is 2.78. The van der Waals surface area contributed by atoms with Gasteiger partial charge in [-0.25, -0.2) is 4.79 Å². The van der Waals surface area contributed by atoms with E-state index in [1.165, 1.54) is 0 Å². The number of aliphatic hydroxyl groups excluding tert-OH is 1. The maximum absolute atomic E-state index is 13.2. The number of ether oxygens (including phenoxy) is 2. The Morgan fingerprint density at radius 3 is 2.33 bits per heavy atom. The summed E-state index contributed by atoms with van der Waals surface area (Å²) in [6.45, 7) is 6.60. The SMILES string of the molecule is C[C@H]1CC[C@@H]2N(C1)C[C@@H]1[C@](O)([C@@H](O)C[C@@]3(O)[C@@H]4CC[C@@H]5[C@]6(O)O[C@@]4(C[C@@]13O)[C@@]5(C)CC[C@@H]6OC(=O)c1ccc(Cl)cc1)[C@]2(C)O. The second-order valence-electron chi connectivity index (χ2n) is 16.2. The van der Waals surface area contributed by atoms with Gasteiger partial charge in [-0.05, 0) is 75.6 Å². The van der Waals surface area contributed by atoms with Crippen molar-refractivity contribution in [3.05, 3.63) is 34.9 Å². The lowest BCUT2D eigenvalue weighted by Gasteiger charge is -2.68. The minimum absolute atomic E-state index is 0.0852. The minimum Gasteiger partial charge on any atom is -0.453 e. The van der Waals surface area contributed by atoms with Gasteiger partial charge >= 0.3 is 5.97 Å². The first-order valence-corrected chi connectivity index (χ1v) is 17.1. The van der Waals surface area contributed by atoms with E-state index >= 15 is 0 Å². The second kappa shape index (κ2) is 9.21. The molecule has 4 aliphatic carbocycles. The minimum atomic E-state index is -2.08. The molecule has 7 aliphatic rings. The lowest BCUT2D eigenvalue weighted by molar-refractivity contribution is -0.354. The van der Waals surface area contributed by atoms with Crippen LogP contribution in [0.2, 0.25) is 5.02 Å². The van der Waals surface area contributed by atoms with Crippen LogP contribution in [0.1, 0.15) is 82.5 Å². The number of hydrogen-bond acceptors (Lipinski definition) is 10. The fraction of sp³-hybridized carbons (Fsp3) is 0.794. The summed E-state index contributed by atoms with van der Waals surface area (Å²) in [5.74, 6) is -4.30. The molecule has 248 valence electrons. The molecule has 8 rings (SSSR count). The molecule has 1 aromatic carbocycles. The molecular weight excluding hydrogens is 602 g/mol. The zero-order valence-electron chi connectivity index (χ0n) is 26.2. The molecule has 4 bridgehead atoms. The van der Waals surface area contributed by atoms with Crippen LogP contribution in [0.4, 0.5) is 0 Å². The number of aliphatic hydroxyl groups is 6. The largest absolute Gasteiger partial charge is 0.453 e. The maximum atomic E-state index is 13.2. The number of piperidine rings is 2. The van der Waals surface area contributed by atoms with Crippen molar-refractivity contribution >= 4 is 17.6 Å². The van der Waals surface area contributed by atoms with Crippen molar-refractivity contribution < 1.29 is 44.9 Å². The number of carbonyl (C=O) groups excluding carboxylic acids is 1. The maximum Gasteiger partial charge on any atom is 0.338 e. The Morgan fingerprint density at radius 1 is 0.933 bits per heavy atom. The van der Waals surface area contributed by atoms with Gasteiger partial charge in [0.25, 0.3) is 0 Å². The van der Waals surface area contributed by atoms with Crippen molar-refractivity contribution in [2.45, 2.75) is 124 Å². The molecule has 45 heavy (non-hydrogen) atoms. The van der Waals surface area contributed by atoms with Crippen LogP contribution < -0.4 is 0 Å². The van der Waals surface area contributed by atoms with E-state index in [4.69, 9.17) is 21.1 Å². The van der Waals surface area contributed by atoms with Crippen molar-refractivity contribution in [3.8, 4) is 0 Å². The first kappa shape index (κ1) is 31.0. The summed E-state index contributed by atoms with van der Waals surface area (Å²) in [5.41, 5.74) is -9.26. The van der Waals surface area contributed by atoms with Gasteiger partial charge in [0.05, 0.1) is 17.3 Å². The smallest absolute Gasteiger partial charge is 0.338 e. The monoisotopic (exact) mass is 647 g/mol. The van der Waals surface area contributed by atoms with Crippen LogP contribution in [0.15, 0.2) is 24.3 Å². The Balaban J connectivity index is 1.18. The molecule has 0 aromatic heterocycles. The van der Waals surface area contributed by atoms with E-state index in [9.17, 15) is 35.4 Å². The molecule has 0 amide bonds. The Kier molecular flexibility index (Phi) is 6.34. The van der Waals surface area contributed by atoms with Crippen molar-refractivity contribution in [3.63, 3.8) is 0 Å². The highest BCUT2D eigenvalue weighted by molar-refractivity contribution is 6.30. The number of carbonyl (C=O) groups is 1. The number of benzene rings is 1. The van der Waals surface area contributed by atoms with Crippen LogP contribution in [0.3, 0.4) is 0 Å². The summed E-state index contributed by atoms with van der Waals surface area (Å²) in [6, 6.07) is 5.92. The third-order valence-electron chi connectivity index (χ3n) is 14.4. The highest BCUT2D eigenvalue weighted by atomic mass is 35.5. The molecule has 3 heterocycles. The molecule has 1 spiro atoms. The van der Waals surface area contributed by atoms with Crippen LogP contribution in [0, 0.1) is 29.1 Å². The number of halogens is 1. The van der Waals surface area contributed by atoms with Crippen LogP contribution in [0.25, 0.3) is 0 Å². The summed E-state index contributed by atoms with van der Waals surface area (Å²) in [4.78, 5) is 15.3. The van der Waals surface area contributed by atoms with Gasteiger partial charge in [-0.1, -0.05) is 25.4 Å². The molecule has 0 unspecified atom stereocenters. The number of nitrogens with zero attached hydrogens (tertiary/aromatic N) is 1. The van der Waals surface area contributed by atoms with E-state index in [1.807, 2.05) is 6.92 Å². The summed E-state index contributed by atoms with van der Waals surface area (Å²) < 4.78 is 12.8. The van der Waals surface area contributed by atoms with Gasteiger partial charge in [-0.15, -0.1) is 0 Å². The molecule has 0 radical (unpaired) electrons. The van der Waals surface area contributed by atoms with Gasteiger partial charge in [-0.2, -0.15) is 0 Å². The number of hydrogen-bond donors (Lipinski definition) is 6. The Morgan fingerprint density at radius 2 is 1.62 bits per heavy atom. The first-order chi connectivity index (χ1) is 21.0. The quantitative estimate of drug-likeness (QED) is 0.262. The average Bonchev–Trinajstić information content (AvgIpc) is 3.14. The van der Waals surface area contributed by atoms with E-state index in [0.29, 0.717) is 55.2 Å². The molecule has 3 saturated heterocycles. The molecule has 3 aliphatic heterocycles. The fourth-order valence-electron chi connectivity index (χ4n) is 12.2. The summed E-state index contributed by atoms with van der Waals surface area (Å²) >= 11 is 6.00. The predicted octanol–water partition coefficient (Wildman–Crippen LogP) is 1.99. The van der Waals surface area contributed by atoms with Crippen molar-refractivity contribution in [1.29, 1.82) is 0 Å². The van der Waals surface area contributed by atoms with Crippen LogP contribution >= 0.6 is 11.6 Å². The summed E-state index contributed by atoms with van der Waals surface area (Å²) in [6.07, 6.45) is 0.351. The molecule has 7 fully saturated rings. The number of fused-ring (bicyclic) bond motifs is 5. The Labute approximate surface area is 268 Å². The third-order valence-corrected chi connectivity index (χ3v) is 14.6. The van der Waals surface area contributed by atoms with Crippen LogP contribution in [-0.4, -0.2) is 107 Å². The lowest BCUT2D eigenvalue weighted by atomic mass is 9.49. The van der Waals surface area contributed by atoms with Gasteiger partial charge in [0.1, 0.15) is 22.4 Å². The zero-order chi connectivity index (χ0) is 32.2. The van der Waals surface area contributed by atoms with E-state index < -0.39 is 81.2 Å². The van der Waals surface area contributed by atoms with Gasteiger partial charge in [0, 0.05) is 60.2 Å². The van der Waals surface area contributed by atoms with Crippen molar-refractivity contribution in [1.82, 2.24) is 4.90 Å². The zero-order valence-corrected chi connectivity index (χ0v) is 26.9. The Bertz CT molecular complexity index is 1430. The van der Waals surface area contributed by atoms with Crippen LogP contribution in [-0.2, 0) is 9.47 Å². The molecule has 14 atom stereocenters. The average molecular weight is 648 g/mol. The molecule has 6 N–H and O–H groups in total. The molecule has 4 saturated carbocycles. The third kappa shape index (κ3) is 3.47. The fourth-order valence-corrected chi connectivity index (χ4v) is 12.4. The second-order valence-corrected chi connectivity index (χ2v) is 16.6. The van der Waals surface area contributed by atoms with Gasteiger partial charge in [0.2, 0.25) is 5.79 Å². The van der Waals surface area contributed by atoms with Crippen LogP contribution in [0.5, 0.6) is 0 Å². The van der Waals surface area contributed by atoms with Crippen molar-refractivity contribution in [2.75, 3.05) is 13.1 Å². The van der Waals surface area contributed by atoms with E-state index in [2.05, 4.69) is 11.8 Å². The first-order valence-electron chi connectivity index (χ1n) is 16.7. The van der Waals surface area contributed by atoms with Gasteiger partial charge < -0.3 is 40.1 Å². The lowest BCUT2D eigenvalue weighted by Crippen LogP contribution is -2.85. The van der Waals surface area contributed by atoms with E-state index in [-0.39, 0.29) is 19.4 Å². The standard InChI is InChI=1S/C34H46ClNO9/c1-18-4-11-24-29(3,39)33(42)23(16-36(24)15-18)31(41)17-32-22(30(31,40)14-25(33)37)10-9-21-28(32,2)13-12-26(34(21,43)45-32)44-27(38)19-5-7-20(35)8-6-19/h5-8,18,21-26,37,39-43H,4,9-17H2,1-3H3/t18-,21-,22-,23-,24-,25-,26-,28-,29+,30+,31+,32+,33-,34-/m0/s1. The number of esters is 1. The molecule has 11 heteroatoms. The topological polar surface area (TPSA) is 160 Å². The number of rotatable bonds is 2. The molecule has 10 nitrogen and oxygen atoms in total. The normalized spacial score (nSPS) is 56.5. The van der Waals surface area contributed by atoms with Crippen molar-refractivity contribution in [2.24, 2.45) is 29.1 Å². The van der Waals surface area contributed by atoms with E-state index in [1.54, 1.807) is 31.2 Å². The van der Waals surface area contributed by atoms with Gasteiger partial charge in [-0.3, -0.25) is 4.90 Å². The summed E-state index contributed by atoms with van der Waals surface area (Å²) in [7, 11) is 0. The predicted molar refractivity (Wildman–Crippen MR) is 161 cm³/mol. The van der Waals surface area contributed by atoms with E-state index in [0.717, 1.165) is 6.42 Å². The highest BCUT2D eigenvalue weighted by Gasteiger charge is 2.88. The van der Waals surface area contributed by atoms with Gasteiger partial charge in [0.15, 0.2) is 6.10 Å². The Hall–Kier alpha value is -1.34. The molecule has 1 aromatic rings.